The summed E-state index contributed by atoms with van der Waals surface area (Å²) in [6.45, 7) is 0.782. The van der Waals surface area contributed by atoms with Crippen LogP contribution in [0.4, 0.5) is 5.69 Å². The van der Waals surface area contributed by atoms with Crippen molar-refractivity contribution in [1.29, 1.82) is 0 Å². The Bertz CT molecular complexity index is 550. The number of benzene rings is 1. The van der Waals surface area contributed by atoms with E-state index in [0.29, 0.717) is 5.96 Å². The minimum Gasteiger partial charge on any atom is -0.370 e. The van der Waals surface area contributed by atoms with Crippen molar-refractivity contribution in [2.75, 3.05) is 26.0 Å². The van der Waals surface area contributed by atoms with E-state index in [-0.39, 0.29) is 29.5 Å². The van der Waals surface area contributed by atoms with Gasteiger partial charge >= 0.3 is 0 Å². The van der Waals surface area contributed by atoms with Crippen molar-refractivity contribution in [2.45, 2.75) is 44.1 Å². The molecule has 1 aromatic carbocycles. The molecule has 1 aromatic rings. The Kier molecular flexibility index (Phi) is 5.71. The molecule has 0 spiro atoms. The number of guanidine groups is 1. The molecule has 0 atom stereocenters. The van der Waals surface area contributed by atoms with E-state index in [1.807, 2.05) is 0 Å². The Balaban J connectivity index is 0.00000176. The molecule has 5 heteroatoms. The molecule has 0 saturated heterocycles. The number of anilines is 1. The third kappa shape index (κ3) is 3.56. The first-order chi connectivity index (χ1) is 10.1. The van der Waals surface area contributed by atoms with Crippen molar-refractivity contribution in [1.82, 2.24) is 4.90 Å². The molecule has 0 aromatic heterocycles. The van der Waals surface area contributed by atoms with Crippen molar-refractivity contribution >= 4 is 35.6 Å². The third-order valence-corrected chi connectivity index (χ3v) is 5.15. The summed E-state index contributed by atoms with van der Waals surface area (Å²) in [5, 5.41) is 3.24. The maximum Gasteiger partial charge on any atom is 0.193 e. The van der Waals surface area contributed by atoms with Crippen molar-refractivity contribution in [3.63, 3.8) is 0 Å². The molecule has 0 radical (unpaired) electrons. The van der Waals surface area contributed by atoms with Gasteiger partial charge < -0.3 is 16.0 Å². The summed E-state index contributed by atoms with van der Waals surface area (Å²) >= 11 is 0. The average Bonchev–Trinajstić information content (AvgIpc) is 2.84. The summed E-state index contributed by atoms with van der Waals surface area (Å²) in [5.74, 6) is 0.529. The lowest BCUT2D eigenvalue weighted by molar-refractivity contribution is 0.0700. The summed E-state index contributed by atoms with van der Waals surface area (Å²) < 4.78 is 0. The molecular weight excluding hydrogens is 387 g/mol. The molecule has 3 rings (SSSR count). The van der Waals surface area contributed by atoms with Crippen molar-refractivity contribution in [2.24, 2.45) is 10.7 Å². The number of aryl methyl sites for hydroxylation is 2. The minimum absolute atomic E-state index is 0. The van der Waals surface area contributed by atoms with E-state index in [0.717, 1.165) is 12.2 Å². The fraction of sp³-hybridized carbons (Fsp3) is 0.588. The molecule has 2 aliphatic rings. The van der Waals surface area contributed by atoms with Gasteiger partial charge in [0.1, 0.15) is 0 Å². The van der Waals surface area contributed by atoms with E-state index in [1.54, 1.807) is 0 Å². The SMILES string of the molecule is CN(C)C1(CN=C(N)Nc2ccc3c(c2)CCC3)CCC1.I. The van der Waals surface area contributed by atoms with Crippen LogP contribution in [-0.4, -0.2) is 37.0 Å². The second-order valence-corrected chi connectivity index (χ2v) is 6.64. The van der Waals surface area contributed by atoms with Crippen molar-refractivity contribution < 1.29 is 0 Å². The van der Waals surface area contributed by atoms with Crippen LogP contribution >= 0.6 is 24.0 Å². The van der Waals surface area contributed by atoms with Crippen LogP contribution < -0.4 is 11.1 Å². The van der Waals surface area contributed by atoms with Crippen molar-refractivity contribution in [3.05, 3.63) is 29.3 Å². The molecule has 1 saturated carbocycles. The Morgan fingerprint density at radius 2 is 1.95 bits per heavy atom. The fourth-order valence-electron chi connectivity index (χ4n) is 3.40. The van der Waals surface area contributed by atoms with E-state index in [4.69, 9.17) is 5.73 Å². The van der Waals surface area contributed by atoms with Gasteiger partial charge in [-0.25, -0.2) is 0 Å². The molecule has 2 aliphatic carbocycles. The highest BCUT2D eigenvalue weighted by Crippen LogP contribution is 2.36. The van der Waals surface area contributed by atoms with Crippen LogP contribution in [0.15, 0.2) is 23.2 Å². The largest absolute Gasteiger partial charge is 0.370 e. The van der Waals surface area contributed by atoms with E-state index < -0.39 is 0 Å². The Morgan fingerprint density at radius 1 is 1.23 bits per heavy atom. The van der Waals surface area contributed by atoms with E-state index >= 15 is 0 Å². The van der Waals surface area contributed by atoms with Gasteiger partial charge in [0.25, 0.3) is 0 Å². The monoisotopic (exact) mass is 414 g/mol. The number of aliphatic imine (C=N–C) groups is 1. The van der Waals surface area contributed by atoms with Gasteiger partial charge in [-0.2, -0.15) is 0 Å². The maximum atomic E-state index is 6.06. The van der Waals surface area contributed by atoms with Gasteiger partial charge in [0.2, 0.25) is 0 Å². The summed E-state index contributed by atoms with van der Waals surface area (Å²) in [5.41, 5.74) is 10.3. The zero-order valence-electron chi connectivity index (χ0n) is 13.6. The first kappa shape index (κ1) is 17.5. The quantitative estimate of drug-likeness (QED) is 0.453. The predicted molar refractivity (Wildman–Crippen MR) is 104 cm³/mol. The number of nitrogens with two attached hydrogens (primary N) is 1. The summed E-state index contributed by atoms with van der Waals surface area (Å²) in [6.07, 6.45) is 7.40. The lowest BCUT2D eigenvalue weighted by Crippen LogP contribution is -2.52. The van der Waals surface area contributed by atoms with Crippen molar-refractivity contribution in [3.8, 4) is 0 Å². The summed E-state index contributed by atoms with van der Waals surface area (Å²) in [6, 6.07) is 6.54. The first-order valence-corrected chi connectivity index (χ1v) is 7.95. The zero-order chi connectivity index (χ0) is 14.9. The van der Waals surface area contributed by atoms with Crippen LogP contribution in [-0.2, 0) is 12.8 Å². The fourth-order valence-corrected chi connectivity index (χ4v) is 3.40. The van der Waals surface area contributed by atoms with Crippen LogP contribution in [0.2, 0.25) is 0 Å². The van der Waals surface area contributed by atoms with Gasteiger partial charge in [-0.1, -0.05) is 6.07 Å². The topological polar surface area (TPSA) is 53.6 Å². The Morgan fingerprint density at radius 3 is 2.59 bits per heavy atom. The maximum absolute atomic E-state index is 6.06. The number of nitrogens with one attached hydrogen (secondary N) is 1. The molecule has 4 nitrogen and oxygen atoms in total. The number of rotatable bonds is 4. The minimum atomic E-state index is 0. The van der Waals surface area contributed by atoms with Gasteiger partial charge in [0.05, 0.1) is 6.54 Å². The first-order valence-electron chi connectivity index (χ1n) is 7.95. The summed E-state index contributed by atoms with van der Waals surface area (Å²) in [7, 11) is 4.28. The molecule has 3 N–H and O–H groups in total. The highest BCUT2D eigenvalue weighted by molar-refractivity contribution is 14.0. The standard InChI is InChI=1S/C17H26N4.HI/c1-21(2)17(9-4-10-17)12-19-16(18)20-15-8-7-13-5-3-6-14(13)11-15;/h7-8,11H,3-6,9-10,12H2,1-2H3,(H3,18,19,20);1H. The third-order valence-electron chi connectivity index (χ3n) is 5.15. The molecule has 0 aliphatic heterocycles. The van der Waals surface area contributed by atoms with Crippen LogP contribution in [0.5, 0.6) is 0 Å². The van der Waals surface area contributed by atoms with Gasteiger partial charge in [0, 0.05) is 11.2 Å². The average molecular weight is 414 g/mol. The number of hydrogen-bond donors (Lipinski definition) is 2. The lowest BCUT2D eigenvalue weighted by atomic mass is 9.76. The highest BCUT2D eigenvalue weighted by Gasteiger charge is 2.38. The van der Waals surface area contributed by atoms with Crippen LogP contribution in [0, 0.1) is 0 Å². The van der Waals surface area contributed by atoms with Crippen LogP contribution in [0.1, 0.15) is 36.8 Å². The van der Waals surface area contributed by atoms with Gasteiger partial charge in [-0.15, -0.1) is 24.0 Å². The number of nitrogens with zero attached hydrogens (tertiary/aromatic N) is 2. The molecule has 0 amide bonds. The molecule has 0 bridgehead atoms. The molecular formula is C17H27IN4. The second kappa shape index (κ2) is 7.17. The zero-order valence-corrected chi connectivity index (χ0v) is 15.9. The molecule has 0 heterocycles. The highest BCUT2D eigenvalue weighted by atomic mass is 127. The lowest BCUT2D eigenvalue weighted by Gasteiger charge is -2.46. The number of halogens is 1. The van der Waals surface area contributed by atoms with Crippen LogP contribution in [0.3, 0.4) is 0 Å². The number of likely N-dealkylation sites (N-methyl/N-ethyl adjacent to an activating group) is 1. The normalized spacial score (nSPS) is 19.3. The predicted octanol–water partition coefficient (Wildman–Crippen LogP) is 3.00. The summed E-state index contributed by atoms with van der Waals surface area (Å²) in [4.78, 5) is 6.86. The molecule has 1 fully saturated rings. The van der Waals surface area contributed by atoms with Gasteiger partial charge in [0.15, 0.2) is 5.96 Å². The van der Waals surface area contributed by atoms with Gasteiger partial charge in [-0.3, -0.25) is 4.99 Å². The molecule has 0 unspecified atom stereocenters. The Hall–Kier alpha value is -0.820. The van der Waals surface area contributed by atoms with E-state index in [9.17, 15) is 0 Å². The van der Waals surface area contributed by atoms with E-state index in [2.05, 4.69) is 47.5 Å². The van der Waals surface area contributed by atoms with Gasteiger partial charge in [-0.05, 0) is 75.9 Å². The Labute approximate surface area is 150 Å². The van der Waals surface area contributed by atoms with Crippen LogP contribution in [0.25, 0.3) is 0 Å². The molecule has 122 valence electrons. The smallest absolute Gasteiger partial charge is 0.193 e. The number of fused-ring (bicyclic) bond motifs is 1. The molecule has 22 heavy (non-hydrogen) atoms. The second-order valence-electron chi connectivity index (χ2n) is 6.64. The van der Waals surface area contributed by atoms with E-state index in [1.165, 1.54) is 49.7 Å². The number of hydrogen-bond acceptors (Lipinski definition) is 2.